The molecule has 2 rings (SSSR count). The van der Waals surface area contributed by atoms with Gasteiger partial charge in [-0.05, 0) is 41.8 Å². The first-order valence-electron chi connectivity index (χ1n) is 8.13. The second-order valence-corrected chi connectivity index (χ2v) is 7.02. The average Bonchev–Trinajstić information content (AvgIpc) is 2.54. The Morgan fingerprint density at radius 2 is 1.60 bits per heavy atom. The third-order valence-electron chi connectivity index (χ3n) is 3.48. The molecule has 0 heterocycles. The van der Waals surface area contributed by atoms with E-state index in [9.17, 15) is 9.59 Å². The van der Waals surface area contributed by atoms with E-state index in [1.807, 2.05) is 32.9 Å². The molecule has 0 saturated heterocycles. The van der Waals surface area contributed by atoms with Gasteiger partial charge in [0.1, 0.15) is 5.75 Å². The highest BCUT2D eigenvalue weighted by Gasteiger charge is 2.16. The van der Waals surface area contributed by atoms with Crippen molar-refractivity contribution in [3.8, 4) is 5.75 Å². The van der Waals surface area contributed by atoms with Gasteiger partial charge in [-0.2, -0.15) is 0 Å². The van der Waals surface area contributed by atoms with Gasteiger partial charge in [-0.1, -0.05) is 32.9 Å². The number of anilines is 2. The Hall–Kier alpha value is -2.82. The number of para-hydroxylation sites is 2. The molecular weight excluding hydrogens is 316 g/mol. The fourth-order valence-corrected chi connectivity index (χ4v) is 2.33. The Labute approximate surface area is 148 Å². The maximum atomic E-state index is 12.3. The predicted molar refractivity (Wildman–Crippen MR) is 100 cm³/mol. The lowest BCUT2D eigenvalue weighted by Crippen LogP contribution is -2.19. The van der Waals surface area contributed by atoms with Crippen molar-refractivity contribution in [2.75, 3.05) is 17.7 Å². The van der Waals surface area contributed by atoms with Crippen molar-refractivity contribution in [3.63, 3.8) is 0 Å². The second kappa shape index (κ2) is 7.83. The highest BCUT2D eigenvalue weighted by Crippen LogP contribution is 2.24. The van der Waals surface area contributed by atoms with Gasteiger partial charge in [-0.3, -0.25) is 9.59 Å². The topological polar surface area (TPSA) is 67.4 Å². The normalized spacial score (nSPS) is 10.9. The van der Waals surface area contributed by atoms with Crippen molar-refractivity contribution in [3.05, 3.63) is 54.1 Å². The van der Waals surface area contributed by atoms with Crippen molar-refractivity contribution < 1.29 is 14.3 Å². The van der Waals surface area contributed by atoms with Gasteiger partial charge in [0, 0.05) is 17.7 Å². The van der Waals surface area contributed by atoms with Crippen molar-refractivity contribution in [2.45, 2.75) is 27.2 Å². The molecule has 0 fully saturated rings. The fourth-order valence-electron chi connectivity index (χ4n) is 2.33. The molecule has 0 bridgehead atoms. The minimum absolute atomic E-state index is 0.0428. The minimum atomic E-state index is -0.239. The van der Waals surface area contributed by atoms with Gasteiger partial charge in [0.15, 0.2) is 0 Å². The summed E-state index contributed by atoms with van der Waals surface area (Å²) in [4.78, 5) is 24.3. The van der Waals surface area contributed by atoms with Crippen LogP contribution in [0.25, 0.3) is 0 Å². The molecule has 0 spiro atoms. The number of benzene rings is 2. The summed E-state index contributed by atoms with van der Waals surface area (Å²) in [6.07, 6.45) is 0.434. The van der Waals surface area contributed by atoms with Crippen molar-refractivity contribution in [2.24, 2.45) is 5.41 Å². The van der Waals surface area contributed by atoms with Crippen LogP contribution in [0.4, 0.5) is 11.4 Å². The predicted octanol–water partition coefficient (Wildman–Crippen LogP) is 4.32. The standard InChI is InChI=1S/C20H24N2O3/c1-20(2,3)13-18(23)21-15-11-9-14(10-12-15)19(24)22-16-7-5-6-8-17(16)25-4/h5-12H,13H2,1-4H3,(H,21,23)(H,22,24). The first kappa shape index (κ1) is 18.5. The Morgan fingerprint density at radius 3 is 2.20 bits per heavy atom. The minimum Gasteiger partial charge on any atom is -0.495 e. The second-order valence-electron chi connectivity index (χ2n) is 7.02. The number of carbonyl (C=O) groups is 2. The molecule has 2 N–H and O–H groups in total. The van der Waals surface area contributed by atoms with Gasteiger partial charge in [0.05, 0.1) is 12.8 Å². The van der Waals surface area contributed by atoms with Gasteiger partial charge in [-0.25, -0.2) is 0 Å². The van der Waals surface area contributed by atoms with Gasteiger partial charge in [0.25, 0.3) is 5.91 Å². The number of methoxy groups -OCH3 is 1. The molecule has 0 radical (unpaired) electrons. The highest BCUT2D eigenvalue weighted by atomic mass is 16.5. The SMILES string of the molecule is COc1ccccc1NC(=O)c1ccc(NC(=O)CC(C)(C)C)cc1. The van der Waals surface area contributed by atoms with Crippen LogP contribution in [0.3, 0.4) is 0 Å². The molecule has 0 saturated carbocycles. The summed E-state index contributed by atoms with van der Waals surface area (Å²) in [7, 11) is 1.56. The molecule has 25 heavy (non-hydrogen) atoms. The molecule has 0 aliphatic rings. The van der Waals surface area contributed by atoms with Gasteiger partial charge in [-0.15, -0.1) is 0 Å². The zero-order valence-electron chi connectivity index (χ0n) is 15.1. The molecule has 0 aliphatic carbocycles. The van der Waals surface area contributed by atoms with Crippen molar-refractivity contribution >= 4 is 23.2 Å². The number of carbonyl (C=O) groups excluding carboxylic acids is 2. The van der Waals surface area contributed by atoms with Crippen molar-refractivity contribution in [1.82, 2.24) is 0 Å². The van der Waals surface area contributed by atoms with Crippen LogP contribution in [-0.2, 0) is 4.79 Å². The first-order chi connectivity index (χ1) is 11.8. The number of rotatable bonds is 5. The van der Waals surface area contributed by atoms with Crippen LogP contribution < -0.4 is 15.4 Å². The van der Waals surface area contributed by atoms with E-state index < -0.39 is 0 Å². The Kier molecular flexibility index (Phi) is 5.80. The van der Waals surface area contributed by atoms with Crippen LogP contribution in [0.5, 0.6) is 5.75 Å². The van der Waals surface area contributed by atoms with Gasteiger partial charge < -0.3 is 15.4 Å². The first-order valence-corrected chi connectivity index (χ1v) is 8.13. The summed E-state index contributed by atoms with van der Waals surface area (Å²) in [6, 6.07) is 14.0. The average molecular weight is 340 g/mol. The summed E-state index contributed by atoms with van der Waals surface area (Å²) in [5.41, 5.74) is 1.71. The molecule has 0 unspecified atom stereocenters. The van der Waals surface area contributed by atoms with Crippen LogP contribution in [0.15, 0.2) is 48.5 Å². The molecule has 2 amide bonds. The molecule has 2 aromatic carbocycles. The third kappa shape index (κ3) is 5.64. The van der Waals surface area contributed by atoms with Crippen LogP contribution >= 0.6 is 0 Å². The lowest BCUT2D eigenvalue weighted by atomic mass is 9.92. The number of hydrogen-bond donors (Lipinski definition) is 2. The Morgan fingerprint density at radius 1 is 0.960 bits per heavy atom. The van der Waals surface area contributed by atoms with Crippen LogP contribution in [0.2, 0.25) is 0 Å². The molecule has 5 nitrogen and oxygen atoms in total. The van der Waals surface area contributed by atoms with Crippen LogP contribution in [-0.4, -0.2) is 18.9 Å². The Balaban J connectivity index is 2.02. The Bertz CT molecular complexity index is 746. The molecule has 0 aromatic heterocycles. The molecule has 132 valence electrons. The summed E-state index contributed by atoms with van der Waals surface area (Å²) < 4.78 is 5.22. The van der Waals surface area contributed by atoms with Crippen LogP contribution in [0.1, 0.15) is 37.6 Å². The van der Waals surface area contributed by atoms with E-state index >= 15 is 0 Å². The largest absolute Gasteiger partial charge is 0.495 e. The number of amides is 2. The quantitative estimate of drug-likeness (QED) is 0.851. The fraction of sp³-hybridized carbons (Fsp3) is 0.300. The lowest BCUT2D eigenvalue weighted by Gasteiger charge is -2.17. The smallest absolute Gasteiger partial charge is 0.255 e. The van der Waals surface area contributed by atoms with E-state index in [1.54, 1.807) is 43.5 Å². The van der Waals surface area contributed by atoms with E-state index in [1.165, 1.54) is 0 Å². The molecular formula is C20H24N2O3. The number of nitrogens with one attached hydrogen (secondary N) is 2. The lowest BCUT2D eigenvalue weighted by molar-refractivity contribution is -0.117. The third-order valence-corrected chi connectivity index (χ3v) is 3.48. The van der Waals surface area contributed by atoms with E-state index in [0.717, 1.165) is 0 Å². The van der Waals surface area contributed by atoms with E-state index in [2.05, 4.69) is 10.6 Å². The zero-order valence-corrected chi connectivity index (χ0v) is 15.1. The number of ether oxygens (including phenoxy) is 1. The summed E-state index contributed by atoms with van der Waals surface area (Å²) in [6.45, 7) is 6.04. The van der Waals surface area contributed by atoms with Crippen molar-refractivity contribution in [1.29, 1.82) is 0 Å². The maximum Gasteiger partial charge on any atom is 0.255 e. The van der Waals surface area contributed by atoms with Crippen LogP contribution in [0, 0.1) is 5.41 Å². The van der Waals surface area contributed by atoms with E-state index in [4.69, 9.17) is 4.74 Å². The molecule has 2 aromatic rings. The summed E-state index contributed by atoms with van der Waals surface area (Å²) in [5.74, 6) is 0.317. The maximum absolute atomic E-state index is 12.3. The number of hydrogen-bond acceptors (Lipinski definition) is 3. The van der Waals surface area contributed by atoms with Gasteiger partial charge >= 0.3 is 0 Å². The zero-order chi connectivity index (χ0) is 18.4. The molecule has 0 atom stereocenters. The van der Waals surface area contributed by atoms with E-state index in [-0.39, 0.29) is 17.2 Å². The summed E-state index contributed by atoms with van der Waals surface area (Å²) >= 11 is 0. The van der Waals surface area contributed by atoms with Gasteiger partial charge in [0.2, 0.25) is 5.91 Å². The summed E-state index contributed by atoms with van der Waals surface area (Å²) in [5, 5.41) is 5.66. The van der Waals surface area contributed by atoms with E-state index in [0.29, 0.717) is 29.1 Å². The molecule has 5 heteroatoms. The highest BCUT2D eigenvalue weighted by molar-refractivity contribution is 6.05. The monoisotopic (exact) mass is 340 g/mol. The molecule has 0 aliphatic heterocycles.